The summed E-state index contributed by atoms with van der Waals surface area (Å²) in [6, 6.07) is -0.459. The van der Waals surface area contributed by atoms with Crippen LogP contribution in [0.25, 0.3) is 0 Å². The highest BCUT2D eigenvalue weighted by molar-refractivity contribution is 7.99. The van der Waals surface area contributed by atoms with E-state index < -0.39 is 6.03 Å². The summed E-state index contributed by atoms with van der Waals surface area (Å²) in [5.74, 6) is 2.08. The zero-order chi connectivity index (χ0) is 13.6. The van der Waals surface area contributed by atoms with Gasteiger partial charge in [0.05, 0.1) is 0 Å². The van der Waals surface area contributed by atoms with E-state index in [2.05, 4.69) is 17.2 Å². The van der Waals surface area contributed by atoms with Gasteiger partial charge in [0, 0.05) is 6.54 Å². The van der Waals surface area contributed by atoms with Crippen LogP contribution < -0.4 is 16.8 Å². The van der Waals surface area contributed by atoms with Crippen LogP contribution in [0.4, 0.5) is 4.79 Å². The van der Waals surface area contributed by atoms with Crippen molar-refractivity contribution in [3.8, 4) is 0 Å². The average Bonchev–Trinajstić information content (AvgIpc) is 2.30. The number of nitrogens with one attached hydrogen (secondary N) is 1. The Hall–Kier alpha value is -0.910. The molecule has 0 aliphatic heterocycles. The van der Waals surface area contributed by atoms with Crippen molar-refractivity contribution in [1.29, 1.82) is 0 Å². The Labute approximate surface area is 114 Å². The quantitative estimate of drug-likeness (QED) is 0.323. The molecule has 0 saturated carbocycles. The summed E-state index contributed by atoms with van der Waals surface area (Å²) in [6.07, 6.45) is 7.58. The number of nitrogens with two attached hydrogens (primary N) is 2. The van der Waals surface area contributed by atoms with Crippen molar-refractivity contribution in [2.75, 3.05) is 18.1 Å². The minimum absolute atomic E-state index is 0.200. The molecule has 0 bridgehead atoms. The zero-order valence-electron chi connectivity index (χ0n) is 11.3. The lowest BCUT2D eigenvalue weighted by Gasteiger charge is -2.03. The van der Waals surface area contributed by atoms with Gasteiger partial charge in [-0.3, -0.25) is 0 Å². The molecule has 0 fully saturated rings. The molecular weight excluding hydrogens is 248 g/mol. The van der Waals surface area contributed by atoms with Crippen molar-refractivity contribution in [2.45, 2.75) is 45.4 Å². The first kappa shape index (κ1) is 17.1. The van der Waals surface area contributed by atoms with Crippen LogP contribution in [0.5, 0.6) is 0 Å². The van der Waals surface area contributed by atoms with Crippen molar-refractivity contribution in [2.24, 2.45) is 16.5 Å². The number of carbonyl (C=O) groups excluding carboxylic acids is 1. The van der Waals surface area contributed by atoms with Gasteiger partial charge in [-0.25, -0.2) is 4.79 Å². The Morgan fingerprint density at radius 2 is 1.78 bits per heavy atom. The number of nitrogens with zero attached hydrogens (tertiary/aromatic N) is 1. The molecule has 0 heterocycles. The molecule has 0 aromatic carbocycles. The molecule has 0 aromatic heterocycles. The molecule has 18 heavy (non-hydrogen) atoms. The van der Waals surface area contributed by atoms with E-state index >= 15 is 0 Å². The molecule has 2 amide bonds. The van der Waals surface area contributed by atoms with Gasteiger partial charge >= 0.3 is 6.03 Å². The smallest absolute Gasteiger partial charge is 0.344 e. The number of aliphatic imine (C=N–C) groups is 1. The van der Waals surface area contributed by atoms with Gasteiger partial charge < -0.3 is 16.8 Å². The minimum atomic E-state index is -0.459. The first-order chi connectivity index (χ1) is 8.66. The second kappa shape index (κ2) is 12.5. The molecule has 0 unspecified atom stereocenters. The van der Waals surface area contributed by atoms with Crippen LogP contribution in [0.15, 0.2) is 4.99 Å². The number of carbonyl (C=O) groups is 1. The van der Waals surface area contributed by atoms with Gasteiger partial charge in [0.1, 0.15) is 0 Å². The van der Waals surface area contributed by atoms with Crippen molar-refractivity contribution in [1.82, 2.24) is 5.32 Å². The average molecular weight is 274 g/mol. The second-order valence-corrected chi connectivity index (χ2v) is 5.37. The van der Waals surface area contributed by atoms with Gasteiger partial charge in [-0.1, -0.05) is 32.6 Å². The fraction of sp³-hybridized carbons (Fsp3) is 0.833. The Morgan fingerprint density at radius 3 is 2.44 bits per heavy atom. The van der Waals surface area contributed by atoms with Crippen LogP contribution in [0.3, 0.4) is 0 Å². The number of rotatable bonds is 10. The summed E-state index contributed by atoms with van der Waals surface area (Å²) < 4.78 is 0. The standard InChI is InChI=1S/C12H26N4OS/c1-2-3-4-5-6-9-18-10-7-8-15-12(17)16-11(13)14/h2-10H2,1H3,(H5,13,14,15,16,17). The van der Waals surface area contributed by atoms with Gasteiger partial charge in [-0.05, 0) is 24.3 Å². The van der Waals surface area contributed by atoms with Crippen LogP contribution in [0.1, 0.15) is 45.4 Å². The van der Waals surface area contributed by atoms with Gasteiger partial charge in [0.25, 0.3) is 0 Å². The molecule has 6 heteroatoms. The highest BCUT2D eigenvalue weighted by Gasteiger charge is 1.97. The van der Waals surface area contributed by atoms with Crippen LogP contribution in [0.2, 0.25) is 0 Å². The summed E-state index contributed by atoms with van der Waals surface area (Å²) >= 11 is 1.94. The Bertz CT molecular complexity index is 242. The van der Waals surface area contributed by atoms with Crippen LogP contribution >= 0.6 is 11.8 Å². The number of guanidine groups is 1. The first-order valence-electron chi connectivity index (χ1n) is 6.62. The molecule has 0 atom stereocenters. The summed E-state index contributed by atoms with van der Waals surface area (Å²) in [6.45, 7) is 2.85. The summed E-state index contributed by atoms with van der Waals surface area (Å²) in [4.78, 5) is 14.4. The maximum absolute atomic E-state index is 11.0. The molecule has 106 valence electrons. The summed E-state index contributed by atoms with van der Waals surface area (Å²) in [5.41, 5.74) is 10.2. The van der Waals surface area contributed by atoms with E-state index in [1.165, 1.54) is 37.9 Å². The third kappa shape index (κ3) is 13.2. The SMILES string of the molecule is CCCCCCCSCCCNC(=O)N=C(N)N. The van der Waals surface area contributed by atoms with Crippen LogP contribution in [0, 0.1) is 0 Å². The van der Waals surface area contributed by atoms with Crippen molar-refractivity contribution in [3.05, 3.63) is 0 Å². The topological polar surface area (TPSA) is 93.5 Å². The molecule has 0 aliphatic carbocycles. The van der Waals surface area contributed by atoms with Crippen LogP contribution in [-0.2, 0) is 0 Å². The maximum atomic E-state index is 11.0. The molecular formula is C12H26N4OS. The highest BCUT2D eigenvalue weighted by atomic mass is 32.2. The summed E-state index contributed by atoms with van der Waals surface area (Å²) in [7, 11) is 0. The molecule has 5 nitrogen and oxygen atoms in total. The van der Waals surface area contributed by atoms with Crippen LogP contribution in [-0.4, -0.2) is 30.0 Å². The Kier molecular flexibility index (Phi) is 11.9. The van der Waals surface area contributed by atoms with Crippen molar-refractivity contribution in [3.63, 3.8) is 0 Å². The van der Waals surface area contributed by atoms with Crippen molar-refractivity contribution < 1.29 is 4.79 Å². The van der Waals surface area contributed by atoms with Gasteiger partial charge in [0.2, 0.25) is 0 Å². The van der Waals surface area contributed by atoms with E-state index in [-0.39, 0.29) is 5.96 Å². The van der Waals surface area contributed by atoms with E-state index in [1.54, 1.807) is 0 Å². The normalized spacial score (nSPS) is 10.1. The molecule has 0 radical (unpaired) electrons. The molecule has 0 aliphatic rings. The second-order valence-electron chi connectivity index (χ2n) is 4.15. The lowest BCUT2D eigenvalue weighted by atomic mass is 10.2. The minimum Gasteiger partial charge on any atom is -0.370 e. The lowest BCUT2D eigenvalue weighted by molar-refractivity contribution is 0.249. The predicted molar refractivity (Wildman–Crippen MR) is 79.9 cm³/mol. The Balaban J connectivity index is 3.16. The number of hydrogen-bond acceptors (Lipinski definition) is 2. The maximum Gasteiger partial charge on any atom is 0.344 e. The third-order valence-corrected chi connectivity index (χ3v) is 3.52. The fourth-order valence-corrected chi connectivity index (χ4v) is 2.40. The molecule has 5 N–H and O–H groups in total. The molecule has 0 spiro atoms. The number of urea groups is 1. The molecule has 0 saturated heterocycles. The monoisotopic (exact) mass is 274 g/mol. The van der Waals surface area contributed by atoms with Gasteiger partial charge in [-0.15, -0.1) is 0 Å². The largest absolute Gasteiger partial charge is 0.370 e. The van der Waals surface area contributed by atoms with E-state index in [0.717, 1.165) is 12.2 Å². The summed E-state index contributed by atoms with van der Waals surface area (Å²) in [5, 5.41) is 2.63. The molecule has 0 rings (SSSR count). The van der Waals surface area contributed by atoms with E-state index in [1.807, 2.05) is 11.8 Å². The first-order valence-corrected chi connectivity index (χ1v) is 7.77. The molecule has 0 aromatic rings. The van der Waals surface area contributed by atoms with E-state index in [4.69, 9.17) is 11.5 Å². The van der Waals surface area contributed by atoms with Gasteiger partial charge in [-0.2, -0.15) is 16.8 Å². The van der Waals surface area contributed by atoms with Gasteiger partial charge in [0.15, 0.2) is 5.96 Å². The zero-order valence-corrected chi connectivity index (χ0v) is 12.1. The fourth-order valence-electron chi connectivity index (χ4n) is 1.44. The number of unbranched alkanes of at least 4 members (excludes halogenated alkanes) is 4. The number of amides is 2. The highest BCUT2D eigenvalue weighted by Crippen LogP contribution is 2.09. The number of hydrogen-bond donors (Lipinski definition) is 3. The predicted octanol–water partition coefficient (Wildman–Crippen LogP) is 2.06. The van der Waals surface area contributed by atoms with E-state index in [0.29, 0.717) is 6.54 Å². The third-order valence-electron chi connectivity index (χ3n) is 2.36. The number of thioether (sulfide) groups is 1. The van der Waals surface area contributed by atoms with E-state index in [9.17, 15) is 4.79 Å². The lowest BCUT2D eigenvalue weighted by Crippen LogP contribution is -2.29. The van der Waals surface area contributed by atoms with Crippen molar-refractivity contribution >= 4 is 23.8 Å². The Morgan fingerprint density at radius 1 is 1.11 bits per heavy atom.